The Morgan fingerprint density at radius 2 is 2.10 bits per heavy atom. The zero-order valence-corrected chi connectivity index (χ0v) is 13.6. The summed E-state index contributed by atoms with van der Waals surface area (Å²) in [5.74, 6) is -0.203. The summed E-state index contributed by atoms with van der Waals surface area (Å²) >= 11 is 4.71. The minimum Gasteiger partial charge on any atom is -0.356 e. The van der Waals surface area contributed by atoms with E-state index in [1.165, 1.54) is 16.9 Å². The van der Waals surface area contributed by atoms with Crippen molar-refractivity contribution in [1.82, 2.24) is 9.97 Å². The van der Waals surface area contributed by atoms with Crippen LogP contribution < -0.4 is 5.32 Å². The van der Waals surface area contributed by atoms with Crippen molar-refractivity contribution < 1.29 is 4.79 Å². The van der Waals surface area contributed by atoms with Gasteiger partial charge in [-0.15, -0.1) is 11.3 Å². The second kappa shape index (κ2) is 5.83. The molecule has 0 unspecified atom stereocenters. The quantitative estimate of drug-likeness (QED) is 0.723. The molecule has 106 valence electrons. The molecule has 0 aliphatic carbocycles. The van der Waals surface area contributed by atoms with E-state index < -0.39 is 0 Å². The van der Waals surface area contributed by atoms with E-state index in [4.69, 9.17) is 0 Å². The molecular formula is C15H12BrN3OS. The lowest BCUT2D eigenvalue weighted by atomic mass is 10.1. The topological polar surface area (TPSA) is 57.8 Å². The molecule has 6 heteroatoms. The van der Waals surface area contributed by atoms with E-state index in [2.05, 4.69) is 31.2 Å². The highest BCUT2D eigenvalue weighted by Crippen LogP contribution is 2.25. The van der Waals surface area contributed by atoms with Crippen LogP contribution in [0.5, 0.6) is 0 Å². The average Bonchev–Trinajstić information content (AvgIpc) is 3.09. The molecule has 2 heterocycles. The van der Waals surface area contributed by atoms with Crippen molar-refractivity contribution in [3.63, 3.8) is 0 Å². The molecule has 3 rings (SSSR count). The second-order valence-electron chi connectivity index (χ2n) is 4.59. The zero-order chi connectivity index (χ0) is 14.8. The summed E-state index contributed by atoms with van der Waals surface area (Å²) in [4.78, 5) is 19.4. The summed E-state index contributed by atoms with van der Waals surface area (Å²) in [6, 6.07) is 9.87. The van der Waals surface area contributed by atoms with Crippen molar-refractivity contribution >= 4 is 38.3 Å². The van der Waals surface area contributed by atoms with E-state index in [1.54, 1.807) is 12.3 Å². The number of hydrogen-bond acceptors (Lipinski definition) is 3. The molecule has 0 saturated carbocycles. The molecule has 0 fully saturated rings. The van der Waals surface area contributed by atoms with Gasteiger partial charge in [0.15, 0.2) is 5.13 Å². The normalized spacial score (nSPS) is 10.6. The van der Waals surface area contributed by atoms with Crippen molar-refractivity contribution in [2.45, 2.75) is 6.92 Å². The van der Waals surface area contributed by atoms with Gasteiger partial charge in [-0.25, -0.2) is 4.98 Å². The fraction of sp³-hybridized carbons (Fsp3) is 0.0667. The molecule has 0 saturated heterocycles. The number of carbonyl (C=O) groups excluding carboxylic acids is 1. The van der Waals surface area contributed by atoms with Gasteiger partial charge in [0, 0.05) is 21.6 Å². The van der Waals surface area contributed by atoms with Gasteiger partial charge in [-0.1, -0.05) is 29.8 Å². The predicted molar refractivity (Wildman–Crippen MR) is 88.7 cm³/mol. The van der Waals surface area contributed by atoms with Gasteiger partial charge in [0.25, 0.3) is 5.91 Å². The predicted octanol–water partition coefficient (Wildman–Crippen LogP) is 4.46. The first-order valence-corrected chi connectivity index (χ1v) is 7.97. The SMILES string of the molecule is Cc1ccc(-c2csc(NC(=O)c3cc(Br)c[nH]3)n2)cc1. The number of nitrogens with zero attached hydrogens (tertiary/aromatic N) is 1. The number of carbonyl (C=O) groups is 1. The number of aromatic amines is 1. The number of amides is 1. The molecule has 3 aromatic rings. The van der Waals surface area contributed by atoms with Crippen LogP contribution >= 0.6 is 27.3 Å². The summed E-state index contributed by atoms with van der Waals surface area (Å²) in [7, 11) is 0. The fourth-order valence-corrected chi connectivity index (χ4v) is 2.91. The number of aryl methyl sites for hydroxylation is 1. The van der Waals surface area contributed by atoms with Crippen LogP contribution in [-0.2, 0) is 0 Å². The highest BCUT2D eigenvalue weighted by Gasteiger charge is 2.11. The summed E-state index contributed by atoms with van der Waals surface area (Å²) in [5.41, 5.74) is 3.61. The van der Waals surface area contributed by atoms with Crippen LogP contribution in [0, 0.1) is 6.92 Å². The third kappa shape index (κ3) is 3.22. The molecule has 0 atom stereocenters. The molecule has 0 aliphatic heterocycles. The van der Waals surface area contributed by atoms with Gasteiger partial charge in [-0.05, 0) is 28.9 Å². The standard InChI is InChI=1S/C15H12BrN3OS/c1-9-2-4-10(5-3-9)13-8-21-15(18-13)19-14(20)12-6-11(16)7-17-12/h2-8,17H,1H3,(H,18,19,20). The molecular weight excluding hydrogens is 350 g/mol. The third-order valence-corrected chi connectivity index (χ3v) is 4.18. The van der Waals surface area contributed by atoms with Gasteiger partial charge in [0.2, 0.25) is 0 Å². The fourth-order valence-electron chi connectivity index (χ4n) is 1.85. The van der Waals surface area contributed by atoms with Gasteiger partial charge in [-0.2, -0.15) is 0 Å². The number of thiazole rings is 1. The highest BCUT2D eigenvalue weighted by atomic mass is 79.9. The second-order valence-corrected chi connectivity index (χ2v) is 6.36. The van der Waals surface area contributed by atoms with Crippen LogP contribution in [0.25, 0.3) is 11.3 Å². The van der Waals surface area contributed by atoms with Gasteiger partial charge in [0.1, 0.15) is 5.69 Å². The van der Waals surface area contributed by atoms with Crippen molar-refractivity contribution in [2.75, 3.05) is 5.32 Å². The Morgan fingerprint density at radius 1 is 1.33 bits per heavy atom. The summed E-state index contributed by atoms with van der Waals surface area (Å²) in [5, 5.41) is 5.31. The minimum absolute atomic E-state index is 0.203. The maximum Gasteiger partial charge on any atom is 0.273 e. The number of anilines is 1. The first kappa shape index (κ1) is 14.0. The largest absolute Gasteiger partial charge is 0.356 e. The molecule has 4 nitrogen and oxygen atoms in total. The number of benzene rings is 1. The summed E-state index contributed by atoms with van der Waals surface area (Å²) in [6.07, 6.45) is 1.72. The van der Waals surface area contributed by atoms with Crippen LogP contribution in [0.2, 0.25) is 0 Å². The molecule has 2 aromatic heterocycles. The molecule has 0 radical (unpaired) electrons. The molecule has 0 spiro atoms. The van der Waals surface area contributed by atoms with Crippen molar-refractivity contribution in [2.24, 2.45) is 0 Å². The Bertz CT molecular complexity index is 776. The number of rotatable bonds is 3. The molecule has 1 aromatic carbocycles. The number of halogens is 1. The molecule has 2 N–H and O–H groups in total. The first-order valence-electron chi connectivity index (χ1n) is 6.29. The Morgan fingerprint density at radius 3 is 2.76 bits per heavy atom. The Balaban J connectivity index is 1.76. The summed E-state index contributed by atoms with van der Waals surface area (Å²) in [6.45, 7) is 2.05. The van der Waals surface area contributed by atoms with Crippen LogP contribution in [0.15, 0.2) is 46.4 Å². The Labute approximate surface area is 134 Å². The van der Waals surface area contributed by atoms with Crippen LogP contribution in [0.1, 0.15) is 16.1 Å². The van der Waals surface area contributed by atoms with Gasteiger partial charge >= 0.3 is 0 Å². The lowest BCUT2D eigenvalue weighted by Gasteiger charge is -1.99. The van der Waals surface area contributed by atoms with E-state index >= 15 is 0 Å². The van der Waals surface area contributed by atoms with Crippen molar-refractivity contribution in [3.05, 3.63) is 57.6 Å². The molecule has 21 heavy (non-hydrogen) atoms. The number of H-pyrrole nitrogens is 1. The van der Waals surface area contributed by atoms with Gasteiger partial charge < -0.3 is 4.98 Å². The van der Waals surface area contributed by atoms with E-state index in [0.717, 1.165) is 15.7 Å². The third-order valence-electron chi connectivity index (χ3n) is 2.96. The average molecular weight is 362 g/mol. The number of hydrogen-bond donors (Lipinski definition) is 2. The van der Waals surface area contributed by atoms with E-state index in [1.807, 2.05) is 36.6 Å². The smallest absolute Gasteiger partial charge is 0.273 e. The van der Waals surface area contributed by atoms with E-state index in [0.29, 0.717) is 10.8 Å². The molecule has 0 bridgehead atoms. The highest BCUT2D eigenvalue weighted by molar-refractivity contribution is 9.10. The Kier molecular flexibility index (Phi) is 3.90. The van der Waals surface area contributed by atoms with Gasteiger partial charge in [-0.3, -0.25) is 10.1 Å². The van der Waals surface area contributed by atoms with Crippen LogP contribution in [-0.4, -0.2) is 15.9 Å². The summed E-state index contributed by atoms with van der Waals surface area (Å²) < 4.78 is 0.840. The zero-order valence-electron chi connectivity index (χ0n) is 11.2. The monoisotopic (exact) mass is 361 g/mol. The molecule has 0 aliphatic rings. The van der Waals surface area contributed by atoms with Crippen LogP contribution in [0.3, 0.4) is 0 Å². The first-order chi connectivity index (χ1) is 10.1. The van der Waals surface area contributed by atoms with Crippen molar-refractivity contribution in [1.29, 1.82) is 0 Å². The lowest BCUT2D eigenvalue weighted by molar-refractivity contribution is 0.102. The van der Waals surface area contributed by atoms with E-state index in [-0.39, 0.29) is 5.91 Å². The van der Waals surface area contributed by atoms with Gasteiger partial charge in [0.05, 0.1) is 5.69 Å². The van der Waals surface area contributed by atoms with Crippen LogP contribution in [0.4, 0.5) is 5.13 Å². The van der Waals surface area contributed by atoms with E-state index in [9.17, 15) is 4.79 Å². The minimum atomic E-state index is -0.203. The maximum absolute atomic E-state index is 12.0. The Hall–Kier alpha value is -1.92. The lowest BCUT2D eigenvalue weighted by Crippen LogP contribution is -2.11. The van der Waals surface area contributed by atoms with Crippen molar-refractivity contribution in [3.8, 4) is 11.3 Å². The number of nitrogens with one attached hydrogen (secondary N) is 2. The molecule has 1 amide bonds. The maximum atomic E-state index is 12.0. The number of aromatic nitrogens is 2.